The van der Waals surface area contributed by atoms with Gasteiger partial charge in [-0.2, -0.15) is 0 Å². The predicted molar refractivity (Wildman–Crippen MR) is 282 cm³/mol. The summed E-state index contributed by atoms with van der Waals surface area (Å²) in [7, 11) is 0. The molecule has 8 rings (SSSR count). The number of nitrogen functional groups attached to an aromatic ring is 4. The first-order chi connectivity index (χ1) is 35.0. The number of carbonyl (C=O) groups excluding carboxylic acids is 4. The van der Waals surface area contributed by atoms with Gasteiger partial charge < -0.3 is 18.9 Å². The molecule has 0 spiro atoms. The maximum absolute atomic E-state index is 13.1. The van der Waals surface area contributed by atoms with Gasteiger partial charge in [-0.25, -0.2) is 23.4 Å². The fourth-order valence-corrected chi connectivity index (χ4v) is 9.09. The minimum atomic E-state index is -0.495. The van der Waals surface area contributed by atoms with E-state index >= 15 is 0 Å². The van der Waals surface area contributed by atoms with Crippen molar-refractivity contribution in [1.29, 1.82) is 0 Å². The third kappa shape index (κ3) is 9.63. The van der Waals surface area contributed by atoms with Crippen molar-refractivity contribution >= 4 is 55.9 Å². The van der Waals surface area contributed by atoms with E-state index in [0.29, 0.717) is 75.1 Å². The number of ether oxygens (including phenoxy) is 4. The van der Waals surface area contributed by atoms with Crippen LogP contribution in [-0.2, 0) is 0 Å². The van der Waals surface area contributed by atoms with Gasteiger partial charge in [0.1, 0.15) is 23.0 Å². The third-order valence-electron chi connectivity index (χ3n) is 12.4. The fraction of sp³-hybridized carbons (Fsp3) is 0.214. The zero-order chi connectivity index (χ0) is 51.1. The molecule has 72 heavy (non-hydrogen) atoms. The maximum atomic E-state index is 13.1. The average molecular weight is 971 g/mol. The van der Waals surface area contributed by atoms with Crippen molar-refractivity contribution in [2.45, 2.75) is 53.4 Å². The van der Waals surface area contributed by atoms with E-state index < -0.39 is 23.6 Å². The van der Waals surface area contributed by atoms with E-state index in [4.69, 9.17) is 42.3 Å². The molecule has 0 heterocycles. The molecule has 0 aliphatic rings. The van der Waals surface area contributed by atoms with Crippen LogP contribution in [0.15, 0.2) is 109 Å². The van der Waals surface area contributed by atoms with Gasteiger partial charge in [-0.15, -0.1) is 0 Å². The number of rotatable bonds is 20. The maximum Gasteiger partial charge on any atom is 0.268 e. The lowest BCUT2D eigenvalue weighted by atomic mass is 9.81. The van der Waals surface area contributed by atoms with Crippen molar-refractivity contribution in [2.24, 2.45) is 23.4 Å². The predicted octanol–water partition coefficient (Wildman–Crippen LogP) is 8.82. The van der Waals surface area contributed by atoms with Crippen LogP contribution in [0.25, 0.3) is 76.8 Å². The highest BCUT2D eigenvalue weighted by Gasteiger charge is 2.25. The zero-order valence-corrected chi connectivity index (χ0v) is 40.6. The van der Waals surface area contributed by atoms with Crippen LogP contribution in [0.3, 0.4) is 0 Å². The molecule has 8 aromatic carbocycles. The lowest BCUT2D eigenvalue weighted by molar-refractivity contribution is 0.0941. The number of nitrogens with two attached hydrogens (primary N) is 4. The Labute approximate surface area is 416 Å². The molecule has 16 nitrogen and oxygen atoms in total. The van der Waals surface area contributed by atoms with Crippen molar-refractivity contribution in [3.63, 3.8) is 0 Å². The second-order valence-corrected chi connectivity index (χ2v) is 17.1. The number of nitrogens with one attached hydrogen (secondary N) is 4. The van der Waals surface area contributed by atoms with Crippen LogP contribution in [0.2, 0.25) is 0 Å². The van der Waals surface area contributed by atoms with Gasteiger partial charge in [-0.1, -0.05) is 76.2 Å². The van der Waals surface area contributed by atoms with Crippen molar-refractivity contribution < 1.29 is 38.1 Å². The lowest BCUT2D eigenvalue weighted by Crippen LogP contribution is -2.30. The molecule has 0 radical (unpaired) electrons. The highest BCUT2D eigenvalue weighted by molar-refractivity contribution is 6.32. The highest BCUT2D eigenvalue weighted by atomic mass is 16.5. The molecule has 8 aromatic rings. The minimum Gasteiger partial charge on any atom is -0.493 e. The van der Waals surface area contributed by atoms with Gasteiger partial charge >= 0.3 is 0 Å². The number of hydrogen-bond acceptors (Lipinski definition) is 12. The summed E-state index contributed by atoms with van der Waals surface area (Å²) in [5.41, 5.74) is 16.4. The smallest absolute Gasteiger partial charge is 0.268 e. The van der Waals surface area contributed by atoms with Gasteiger partial charge in [0.2, 0.25) is 0 Å². The van der Waals surface area contributed by atoms with Crippen molar-refractivity contribution in [3.8, 4) is 67.5 Å². The topological polar surface area (TPSA) is 257 Å². The third-order valence-corrected chi connectivity index (χ3v) is 12.4. The molecule has 0 aliphatic carbocycles. The van der Waals surface area contributed by atoms with Gasteiger partial charge in [0, 0.05) is 0 Å². The highest BCUT2D eigenvalue weighted by Crippen LogP contribution is 2.50. The largest absolute Gasteiger partial charge is 0.493 e. The molecule has 0 aromatic heterocycles. The molecular weight excluding hydrogens is 913 g/mol. The fourth-order valence-electron chi connectivity index (χ4n) is 9.09. The van der Waals surface area contributed by atoms with Crippen molar-refractivity contribution in [1.82, 2.24) is 21.7 Å². The summed E-state index contributed by atoms with van der Waals surface area (Å²) < 4.78 is 24.8. The number of benzene rings is 8. The SMILES string of the molecule is CCCOc1cc(-c2cc(-c3ccc(C(=O)NN)c(OCCC)c3)c3ccc4c(-c5ccc(C(=O)NN)c(OCCC)c5)cc(-c5ccc(C(=O)NN)c(OCCC)c5)c5ccc2c3c54)ccc1C(=O)NN. The van der Waals surface area contributed by atoms with E-state index in [-0.39, 0.29) is 22.3 Å². The second kappa shape index (κ2) is 22.2. The van der Waals surface area contributed by atoms with Crippen LogP contribution in [0, 0.1) is 0 Å². The van der Waals surface area contributed by atoms with Gasteiger partial charge in [-0.05, 0) is 163 Å². The van der Waals surface area contributed by atoms with Crippen LogP contribution in [-0.4, -0.2) is 50.1 Å². The summed E-state index contributed by atoms with van der Waals surface area (Å²) >= 11 is 0. The summed E-state index contributed by atoms with van der Waals surface area (Å²) in [6.07, 6.45) is 2.80. The molecule has 0 aliphatic heterocycles. The number of carbonyl (C=O) groups is 4. The lowest BCUT2D eigenvalue weighted by Gasteiger charge is -2.23. The van der Waals surface area contributed by atoms with Crippen molar-refractivity contribution in [2.75, 3.05) is 26.4 Å². The van der Waals surface area contributed by atoms with E-state index in [1.807, 2.05) is 76.2 Å². The second-order valence-electron chi connectivity index (χ2n) is 17.1. The Balaban J connectivity index is 1.53. The molecule has 0 saturated carbocycles. The van der Waals surface area contributed by atoms with E-state index in [2.05, 4.69) is 58.1 Å². The quantitative estimate of drug-likeness (QED) is 0.0154. The van der Waals surface area contributed by atoms with Gasteiger partial charge in [0.05, 0.1) is 48.7 Å². The molecule has 4 amide bonds. The Morgan fingerprint density at radius 2 is 0.569 bits per heavy atom. The first-order valence-electron chi connectivity index (χ1n) is 23.9. The minimum absolute atomic E-state index is 0.280. The Morgan fingerprint density at radius 1 is 0.347 bits per heavy atom. The summed E-state index contributed by atoms with van der Waals surface area (Å²) in [4.78, 5) is 52.3. The summed E-state index contributed by atoms with van der Waals surface area (Å²) in [6.45, 7) is 9.38. The monoisotopic (exact) mass is 970 g/mol. The van der Waals surface area contributed by atoms with Crippen LogP contribution in [0.4, 0.5) is 0 Å². The van der Waals surface area contributed by atoms with E-state index in [9.17, 15) is 19.2 Å². The first kappa shape index (κ1) is 50.1. The average Bonchev–Trinajstić information content (AvgIpc) is 3.42. The normalized spacial score (nSPS) is 11.2. The molecular formula is C56H58N8O8. The van der Waals surface area contributed by atoms with Crippen molar-refractivity contribution in [3.05, 3.63) is 131 Å². The molecule has 16 heteroatoms. The Morgan fingerprint density at radius 3 is 0.764 bits per heavy atom. The van der Waals surface area contributed by atoms with Crippen LogP contribution in [0.1, 0.15) is 94.8 Å². The molecule has 0 atom stereocenters. The molecule has 0 saturated heterocycles. The Bertz CT molecular complexity index is 2930. The number of hydrazine groups is 4. The summed E-state index contributed by atoms with van der Waals surface area (Å²) in [5, 5.41) is 5.36. The number of amides is 4. The standard InChI is InChI=1S/C56H58N8O8/c1-5-21-69-47-25-31(9-13-39(47)53(65)61-57)43-29-44(32-10-14-40(54(66)62-58)48(26-32)70-22-6-2)36-19-20-38-46(34-12-16-42(56(68)64-60)50(28-34)72-24-8-4)30-45(37-18-17-35(43)51(36)52(37)38)33-11-15-41(55(67)63-59)49(27-33)71-23-7-3/h9-20,25-30H,5-8,21-24,57-60H2,1-4H3,(H,61,65)(H,62,66)(H,63,67)(H,64,68). The molecule has 0 bridgehead atoms. The van der Waals surface area contributed by atoms with E-state index in [1.165, 1.54) is 0 Å². The zero-order valence-electron chi connectivity index (χ0n) is 40.6. The van der Waals surface area contributed by atoms with Crippen LogP contribution >= 0.6 is 0 Å². The van der Waals surface area contributed by atoms with Gasteiger partial charge in [0.15, 0.2) is 0 Å². The van der Waals surface area contributed by atoms with Gasteiger partial charge in [0.25, 0.3) is 23.6 Å². The van der Waals surface area contributed by atoms with E-state index in [1.54, 1.807) is 24.3 Å². The summed E-state index contributed by atoms with van der Waals surface area (Å²) in [6, 6.07) is 34.3. The Hall–Kier alpha value is -8.28. The molecule has 370 valence electrons. The summed E-state index contributed by atoms with van der Waals surface area (Å²) in [5.74, 6) is 22.0. The van der Waals surface area contributed by atoms with Crippen LogP contribution in [0.5, 0.6) is 23.0 Å². The molecule has 0 fully saturated rings. The molecule has 0 unspecified atom stereocenters. The van der Waals surface area contributed by atoms with Crippen LogP contribution < -0.4 is 64.0 Å². The first-order valence-corrected chi connectivity index (χ1v) is 23.9. The Kier molecular flexibility index (Phi) is 15.5. The van der Waals surface area contributed by atoms with E-state index in [0.717, 1.165) is 76.8 Å². The molecule has 12 N–H and O–H groups in total. The number of hydrogen-bond donors (Lipinski definition) is 8. The van der Waals surface area contributed by atoms with Gasteiger partial charge in [-0.3, -0.25) is 40.9 Å².